The Morgan fingerprint density at radius 1 is 0.500 bits per heavy atom. The Balaban J connectivity index is 1.84. The SMILES string of the molecule is N#Cc1cnc2cc3nc4cc5ncc(C#N)cc5nc4cc3nc2c1. The lowest BCUT2D eigenvalue weighted by Gasteiger charge is -2.04. The summed E-state index contributed by atoms with van der Waals surface area (Å²) in [7, 11) is 0. The molecule has 0 unspecified atom stereocenters. The average molecular weight is 333 g/mol. The summed E-state index contributed by atoms with van der Waals surface area (Å²) in [6.45, 7) is 0. The van der Waals surface area contributed by atoms with E-state index < -0.39 is 0 Å². The van der Waals surface area contributed by atoms with Crippen LogP contribution in [0.4, 0.5) is 0 Å². The van der Waals surface area contributed by atoms with Crippen LogP contribution in [0.5, 0.6) is 0 Å². The molecule has 118 valence electrons. The molecule has 5 rings (SSSR count). The fourth-order valence-electron chi connectivity index (χ4n) is 2.88. The number of hydrogen-bond donors (Lipinski definition) is 0. The maximum Gasteiger partial charge on any atom is 0.101 e. The smallest absolute Gasteiger partial charge is 0.101 e. The lowest BCUT2D eigenvalue weighted by atomic mass is 10.2. The molecule has 7 nitrogen and oxygen atoms in total. The number of rotatable bonds is 0. The highest BCUT2D eigenvalue weighted by molar-refractivity contribution is 5.97. The van der Waals surface area contributed by atoms with Crippen LogP contribution >= 0.6 is 0 Å². The van der Waals surface area contributed by atoms with Crippen LogP contribution in [0, 0.1) is 22.7 Å². The van der Waals surface area contributed by atoms with Crippen molar-refractivity contribution in [2.75, 3.05) is 0 Å². The molecule has 0 radical (unpaired) electrons. The molecule has 0 amide bonds. The molecule has 5 aromatic heterocycles. The second kappa shape index (κ2) is 5.13. The van der Waals surface area contributed by atoms with E-state index in [0.29, 0.717) is 55.3 Å². The molecular weight excluding hydrogens is 326 g/mol. The van der Waals surface area contributed by atoms with Gasteiger partial charge in [0.25, 0.3) is 0 Å². The molecule has 0 N–H and O–H groups in total. The summed E-state index contributed by atoms with van der Waals surface area (Å²) in [4.78, 5) is 22.3. The molecule has 5 heterocycles. The minimum Gasteiger partial charge on any atom is -0.253 e. The Labute approximate surface area is 146 Å². The highest BCUT2D eigenvalue weighted by Gasteiger charge is 2.08. The summed E-state index contributed by atoms with van der Waals surface area (Å²) >= 11 is 0. The first-order valence-corrected chi connectivity index (χ1v) is 7.72. The summed E-state index contributed by atoms with van der Waals surface area (Å²) in [6.07, 6.45) is 3.03. The number of aromatic nitrogens is 5. The van der Waals surface area contributed by atoms with Gasteiger partial charge in [-0.25, -0.2) is 15.0 Å². The zero-order valence-corrected chi connectivity index (χ0v) is 13.2. The van der Waals surface area contributed by atoms with Crippen molar-refractivity contribution in [1.29, 1.82) is 10.5 Å². The van der Waals surface area contributed by atoms with Gasteiger partial charge in [0.1, 0.15) is 12.1 Å². The van der Waals surface area contributed by atoms with Gasteiger partial charge in [0.05, 0.1) is 55.3 Å². The van der Waals surface area contributed by atoms with Crippen molar-refractivity contribution in [3.8, 4) is 12.1 Å². The van der Waals surface area contributed by atoms with Crippen LogP contribution in [0.3, 0.4) is 0 Å². The second-order valence-corrected chi connectivity index (χ2v) is 5.79. The minimum atomic E-state index is 0.456. The molecule has 0 aromatic carbocycles. The molecule has 0 spiro atoms. The van der Waals surface area contributed by atoms with Crippen molar-refractivity contribution in [3.05, 3.63) is 53.9 Å². The molecule has 0 saturated carbocycles. The van der Waals surface area contributed by atoms with Gasteiger partial charge in [0, 0.05) is 12.4 Å². The largest absolute Gasteiger partial charge is 0.253 e. The van der Waals surface area contributed by atoms with Gasteiger partial charge in [-0.3, -0.25) is 9.97 Å². The van der Waals surface area contributed by atoms with Crippen molar-refractivity contribution in [2.45, 2.75) is 0 Å². The summed E-state index contributed by atoms with van der Waals surface area (Å²) in [5, 5.41) is 18.1. The molecule has 0 aliphatic rings. The van der Waals surface area contributed by atoms with Gasteiger partial charge in [-0.2, -0.15) is 10.5 Å². The van der Waals surface area contributed by atoms with Crippen molar-refractivity contribution < 1.29 is 0 Å². The van der Waals surface area contributed by atoms with Crippen LogP contribution < -0.4 is 0 Å². The van der Waals surface area contributed by atoms with E-state index in [9.17, 15) is 0 Å². The average Bonchev–Trinajstić information content (AvgIpc) is 2.68. The lowest BCUT2D eigenvalue weighted by Crippen LogP contribution is -1.93. The van der Waals surface area contributed by atoms with Gasteiger partial charge in [0.15, 0.2) is 0 Å². The van der Waals surface area contributed by atoms with Crippen LogP contribution in [0.25, 0.3) is 44.1 Å². The Kier molecular flexibility index (Phi) is 2.79. The quantitative estimate of drug-likeness (QED) is 0.400. The van der Waals surface area contributed by atoms with E-state index in [1.807, 2.05) is 18.2 Å². The lowest BCUT2D eigenvalue weighted by molar-refractivity contribution is 1.32. The van der Waals surface area contributed by atoms with E-state index >= 15 is 0 Å². The third-order valence-electron chi connectivity index (χ3n) is 4.12. The molecule has 0 atom stereocenters. The first-order valence-electron chi connectivity index (χ1n) is 7.72. The highest BCUT2D eigenvalue weighted by Crippen LogP contribution is 2.23. The summed E-state index contributed by atoms with van der Waals surface area (Å²) in [5.74, 6) is 0. The van der Waals surface area contributed by atoms with Crippen molar-refractivity contribution in [1.82, 2.24) is 24.9 Å². The predicted octanol–water partition coefficient (Wildman–Crippen LogP) is 3.02. The number of nitriles is 2. The maximum atomic E-state index is 9.03. The van der Waals surface area contributed by atoms with Crippen molar-refractivity contribution in [2.24, 2.45) is 0 Å². The Bertz CT molecular complexity index is 1350. The zero-order chi connectivity index (χ0) is 17.7. The van der Waals surface area contributed by atoms with Crippen LogP contribution in [0.1, 0.15) is 11.1 Å². The molecular formula is C19H7N7. The first-order chi connectivity index (χ1) is 12.7. The molecule has 5 aromatic rings. The number of pyridine rings is 5. The molecule has 0 aliphatic heterocycles. The van der Waals surface area contributed by atoms with E-state index in [-0.39, 0.29) is 0 Å². The van der Waals surface area contributed by atoms with Gasteiger partial charge in [0.2, 0.25) is 0 Å². The summed E-state index contributed by atoms with van der Waals surface area (Å²) < 4.78 is 0. The molecule has 0 bridgehead atoms. The number of hydrogen-bond acceptors (Lipinski definition) is 7. The van der Waals surface area contributed by atoms with Crippen molar-refractivity contribution in [3.63, 3.8) is 0 Å². The summed E-state index contributed by atoms with van der Waals surface area (Å²) in [5.41, 5.74) is 6.24. The van der Waals surface area contributed by atoms with Gasteiger partial charge in [-0.15, -0.1) is 0 Å². The maximum absolute atomic E-state index is 9.03. The van der Waals surface area contributed by atoms with Gasteiger partial charge in [-0.05, 0) is 30.3 Å². The molecule has 0 fully saturated rings. The highest BCUT2D eigenvalue weighted by atomic mass is 14.8. The molecule has 26 heavy (non-hydrogen) atoms. The van der Waals surface area contributed by atoms with Gasteiger partial charge >= 0.3 is 0 Å². The zero-order valence-electron chi connectivity index (χ0n) is 13.2. The number of nitrogens with zero attached hydrogens (tertiary/aromatic N) is 7. The van der Waals surface area contributed by atoms with Crippen LogP contribution in [0.2, 0.25) is 0 Å². The Hall–Kier alpha value is -4.23. The van der Waals surface area contributed by atoms with Gasteiger partial charge in [-0.1, -0.05) is 0 Å². The third-order valence-corrected chi connectivity index (χ3v) is 4.12. The van der Waals surface area contributed by atoms with Crippen LogP contribution in [0.15, 0.2) is 42.7 Å². The monoisotopic (exact) mass is 333 g/mol. The summed E-state index contributed by atoms with van der Waals surface area (Å²) in [6, 6.07) is 13.0. The molecule has 0 saturated heterocycles. The van der Waals surface area contributed by atoms with E-state index in [1.54, 1.807) is 12.1 Å². The Morgan fingerprint density at radius 2 is 0.846 bits per heavy atom. The van der Waals surface area contributed by atoms with Gasteiger partial charge < -0.3 is 0 Å². The van der Waals surface area contributed by atoms with Crippen LogP contribution in [-0.4, -0.2) is 24.9 Å². The van der Waals surface area contributed by atoms with E-state index in [2.05, 4.69) is 37.1 Å². The van der Waals surface area contributed by atoms with E-state index in [4.69, 9.17) is 10.5 Å². The Morgan fingerprint density at radius 3 is 1.23 bits per heavy atom. The van der Waals surface area contributed by atoms with Crippen LogP contribution in [-0.2, 0) is 0 Å². The second-order valence-electron chi connectivity index (χ2n) is 5.79. The van der Waals surface area contributed by atoms with E-state index in [1.165, 1.54) is 12.4 Å². The van der Waals surface area contributed by atoms with E-state index in [0.717, 1.165) is 0 Å². The third kappa shape index (κ3) is 2.09. The fraction of sp³-hybridized carbons (Fsp3) is 0. The number of fused-ring (bicyclic) bond motifs is 4. The topological polar surface area (TPSA) is 112 Å². The predicted molar refractivity (Wildman–Crippen MR) is 94.9 cm³/mol. The molecule has 7 heteroatoms. The normalized spacial score (nSPS) is 11.0. The minimum absolute atomic E-state index is 0.456. The fourth-order valence-corrected chi connectivity index (χ4v) is 2.88. The molecule has 0 aliphatic carbocycles. The first kappa shape index (κ1) is 14.1. The van der Waals surface area contributed by atoms with Crippen molar-refractivity contribution >= 4 is 44.1 Å². The standard InChI is InChI=1S/C19H7N7/c20-6-10-1-14-12(22-8-10)3-16-18(24-14)5-19-17(26-16)4-13-15(25-19)2-11(7-21)9-23-13/h1-5,8-9H.